The molecule has 1 atom stereocenters. The molecule has 0 radical (unpaired) electrons. The fourth-order valence-corrected chi connectivity index (χ4v) is 4.26. The zero-order chi connectivity index (χ0) is 17.9. The number of hydrogen-bond acceptors (Lipinski definition) is 4. The van der Waals surface area contributed by atoms with E-state index in [1.165, 1.54) is 19.3 Å². The van der Waals surface area contributed by atoms with E-state index in [2.05, 4.69) is 10.2 Å². The SMILES string of the molecule is CC(C(=O)NC1CC1)N1CCN(C(=O)CC2(CN)CCCCC2)CC1. The Hall–Kier alpha value is -1.14. The van der Waals surface area contributed by atoms with E-state index in [-0.39, 0.29) is 23.3 Å². The van der Waals surface area contributed by atoms with Crippen molar-refractivity contribution in [3.8, 4) is 0 Å². The van der Waals surface area contributed by atoms with Crippen LogP contribution in [0.4, 0.5) is 0 Å². The van der Waals surface area contributed by atoms with Crippen LogP contribution < -0.4 is 11.1 Å². The molecule has 142 valence electrons. The Kier molecular flexibility index (Phi) is 6.00. The fraction of sp³-hybridized carbons (Fsp3) is 0.895. The van der Waals surface area contributed by atoms with E-state index in [9.17, 15) is 9.59 Å². The van der Waals surface area contributed by atoms with Crippen molar-refractivity contribution in [2.75, 3.05) is 32.7 Å². The lowest BCUT2D eigenvalue weighted by Gasteiger charge is -2.40. The number of piperazine rings is 1. The number of carbonyl (C=O) groups is 2. The molecule has 2 amide bonds. The van der Waals surface area contributed by atoms with Gasteiger partial charge in [0.25, 0.3) is 0 Å². The molecular weight excluding hydrogens is 316 g/mol. The van der Waals surface area contributed by atoms with Gasteiger partial charge in [0.1, 0.15) is 0 Å². The molecule has 1 saturated heterocycles. The third-order valence-electron chi connectivity index (χ3n) is 6.39. The summed E-state index contributed by atoms with van der Waals surface area (Å²) in [7, 11) is 0. The zero-order valence-corrected chi connectivity index (χ0v) is 15.6. The maximum atomic E-state index is 12.8. The minimum atomic E-state index is -0.105. The first-order chi connectivity index (χ1) is 12.0. The van der Waals surface area contributed by atoms with Gasteiger partial charge in [0.2, 0.25) is 11.8 Å². The van der Waals surface area contributed by atoms with E-state index in [4.69, 9.17) is 5.73 Å². The average Bonchev–Trinajstić information content (AvgIpc) is 3.46. The number of nitrogens with two attached hydrogens (primary N) is 1. The number of hydrogen-bond donors (Lipinski definition) is 2. The van der Waals surface area contributed by atoms with E-state index in [1.54, 1.807) is 0 Å². The average molecular weight is 351 g/mol. The Labute approximate surface area is 151 Å². The molecule has 3 rings (SSSR count). The molecule has 6 nitrogen and oxygen atoms in total. The van der Waals surface area contributed by atoms with Crippen molar-refractivity contribution in [2.45, 2.75) is 70.4 Å². The number of nitrogens with zero attached hydrogens (tertiary/aromatic N) is 2. The van der Waals surface area contributed by atoms with Crippen LogP contribution in [-0.4, -0.2) is 66.4 Å². The van der Waals surface area contributed by atoms with Crippen molar-refractivity contribution >= 4 is 11.8 Å². The lowest BCUT2D eigenvalue weighted by Crippen LogP contribution is -2.55. The zero-order valence-electron chi connectivity index (χ0n) is 15.6. The summed E-state index contributed by atoms with van der Waals surface area (Å²) in [4.78, 5) is 29.1. The van der Waals surface area contributed by atoms with Gasteiger partial charge in [-0.2, -0.15) is 0 Å². The highest BCUT2D eigenvalue weighted by Gasteiger charge is 2.36. The highest BCUT2D eigenvalue weighted by Crippen LogP contribution is 2.38. The molecule has 0 bridgehead atoms. The van der Waals surface area contributed by atoms with Crippen LogP contribution in [0.2, 0.25) is 0 Å². The van der Waals surface area contributed by atoms with Crippen LogP contribution >= 0.6 is 0 Å². The Balaban J connectivity index is 1.46. The highest BCUT2D eigenvalue weighted by atomic mass is 16.2. The minimum Gasteiger partial charge on any atom is -0.352 e. The normalized spacial score (nSPS) is 25.4. The van der Waals surface area contributed by atoms with Gasteiger partial charge >= 0.3 is 0 Å². The summed E-state index contributed by atoms with van der Waals surface area (Å²) in [5.74, 6) is 0.383. The van der Waals surface area contributed by atoms with Crippen LogP contribution in [0.5, 0.6) is 0 Å². The summed E-state index contributed by atoms with van der Waals surface area (Å²) < 4.78 is 0. The molecule has 0 aromatic rings. The van der Waals surface area contributed by atoms with Gasteiger partial charge in [-0.05, 0) is 44.6 Å². The third-order valence-corrected chi connectivity index (χ3v) is 6.39. The molecule has 6 heteroatoms. The summed E-state index contributed by atoms with van der Waals surface area (Å²) >= 11 is 0. The van der Waals surface area contributed by atoms with E-state index < -0.39 is 0 Å². The van der Waals surface area contributed by atoms with E-state index >= 15 is 0 Å². The van der Waals surface area contributed by atoms with Gasteiger partial charge in [0, 0.05) is 38.6 Å². The predicted molar refractivity (Wildman–Crippen MR) is 98.0 cm³/mol. The number of nitrogens with one attached hydrogen (secondary N) is 1. The van der Waals surface area contributed by atoms with E-state index in [1.807, 2.05) is 11.8 Å². The van der Waals surface area contributed by atoms with Gasteiger partial charge in [-0.1, -0.05) is 19.3 Å². The minimum absolute atomic E-state index is 0.0317. The molecule has 25 heavy (non-hydrogen) atoms. The predicted octanol–water partition coefficient (Wildman–Crippen LogP) is 1.10. The molecule has 3 N–H and O–H groups in total. The molecule has 0 spiro atoms. The van der Waals surface area contributed by atoms with Crippen molar-refractivity contribution in [2.24, 2.45) is 11.1 Å². The smallest absolute Gasteiger partial charge is 0.237 e. The summed E-state index contributed by atoms with van der Waals surface area (Å²) in [6, 6.07) is 0.298. The van der Waals surface area contributed by atoms with Crippen molar-refractivity contribution in [3.05, 3.63) is 0 Å². The Morgan fingerprint density at radius 1 is 1.12 bits per heavy atom. The van der Waals surface area contributed by atoms with Crippen LogP contribution in [0, 0.1) is 5.41 Å². The molecule has 1 unspecified atom stereocenters. The second-order valence-corrected chi connectivity index (χ2v) is 8.32. The number of rotatable bonds is 6. The van der Waals surface area contributed by atoms with Crippen LogP contribution in [0.15, 0.2) is 0 Å². The third kappa shape index (κ3) is 4.73. The first kappa shape index (κ1) is 18.6. The number of amides is 2. The molecule has 0 aromatic carbocycles. The molecule has 1 heterocycles. The monoisotopic (exact) mass is 350 g/mol. The van der Waals surface area contributed by atoms with E-state index in [0.717, 1.165) is 51.9 Å². The van der Waals surface area contributed by atoms with Crippen LogP contribution in [0.3, 0.4) is 0 Å². The maximum Gasteiger partial charge on any atom is 0.237 e. The Morgan fingerprint density at radius 2 is 1.76 bits per heavy atom. The lowest BCUT2D eigenvalue weighted by atomic mass is 9.71. The van der Waals surface area contributed by atoms with Gasteiger partial charge in [0.05, 0.1) is 6.04 Å². The molecule has 3 aliphatic rings. The first-order valence-corrected chi connectivity index (χ1v) is 10.1. The Morgan fingerprint density at radius 3 is 2.32 bits per heavy atom. The molecule has 3 fully saturated rings. The van der Waals surface area contributed by atoms with Gasteiger partial charge in [0.15, 0.2) is 0 Å². The van der Waals surface area contributed by atoms with Crippen LogP contribution in [0.25, 0.3) is 0 Å². The van der Waals surface area contributed by atoms with Crippen LogP contribution in [0.1, 0.15) is 58.3 Å². The maximum absolute atomic E-state index is 12.8. The Bertz CT molecular complexity index is 478. The molecular formula is C19H34N4O2. The van der Waals surface area contributed by atoms with Gasteiger partial charge < -0.3 is 16.0 Å². The van der Waals surface area contributed by atoms with Crippen LogP contribution in [-0.2, 0) is 9.59 Å². The van der Waals surface area contributed by atoms with E-state index in [0.29, 0.717) is 19.0 Å². The molecule has 2 saturated carbocycles. The summed E-state index contributed by atoms with van der Waals surface area (Å²) in [6.45, 7) is 5.60. The second kappa shape index (κ2) is 8.04. The molecule has 0 aromatic heterocycles. The quantitative estimate of drug-likeness (QED) is 0.752. The highest BCUT2D eigenvalue weighted by molar-refractivity contribution is 5.82. The largest absolute Gasteiger partial charge is 0.352 e. The topological polar surface area (TPSA) is 78.7 Å². The molecule has 1 aliphatic heterocycles. The van der Waals surface area contributed by atoms with Crippen molar-refractivity contribution < 1.29 is 9.59 Å². The van der Waals surface area contributed by atoms with Crippen molar-refractivity contribution in [1.29, 1.82) is 0 Å². The standard InChI is InChI=1S/C19H34N4O2/c1-15(18(25)21-16-5-6-16)22-9-11-23(12-10-22)17(24)13-19(14-20)7-3-2-4-8-19/h15-16H,2-14,20H2,1H3,(H,21,25). The number of carbonyl (C=O) groups excluding carboxylic acids is 2. The van der Waals surface area contributed by atoms with Gasteiger partial charge in [-0.3, -0.25) is 14.5 Å². The van der Waals surface area contributed by atoms with Gasteiger partial charge in [-0.25, -0.2) is 0 Å². The lowest BCUT2D eigenvalue weighted by molar-refractivity contribution is -0.137. The fourth-order valence-electron chi connectivity index (χ4n) is 4.26. The first-order valence-electron chi connectivity index (χ1n) is 10.1. The second-order valence-electron chi connectivity index (χ2n) is 8.32. The summed E-state index contributed by atoms with van der Waals surface area (Å²) in [5, 5.41) is 3.08. The van der Waals surface area contributed by atoms with Crippen molar-refractivity contribution in [1.82, 2.24) is 15.1 Å². The molecule has 2 aliphatic carbocycles. The summed E-state index contributed by atoms with van der Waals surface area (Å²) in [5.41, 5.74) is 6.06. The summed E-state index contributed by atoms with van der Waals surface area (Å²) in [6.07, 6.45) is 8.68. The van der Waals surface area contributed by atoms with Crippen molar-refractivity contribution in [3.63, 3.8) is 0 Å². The van der Waals surface area contributed by atoms with Gasteiger partial charge in [-0.15, -0.1) is 0 Å².